The molecule has 2 aliphatic rings. The SMILES string of the molecule is CC(C)(Oc1ccc(Cl)cc1Cl)C(=O)NC1C[C@H]2CC[C@@H](C1)N2c1ncc(C(=O)NCC(F)(F)F)cc1Cl. The monoisotopic (exact) mass is 592 g/mol. The van der Waals surface area contributed by atoms with E-state index >= 15 is 0 Å². The van der Waals surface area contributed by atoms with Crippen LogP contribution in [0.4, 0.5) is 19.0 Å². The van der Waals surface area contributed by atoms with Crippen LogP contribution in [0.1, 0.15) is 49.9 Å². The molecule has 0 aliphatic carbocycles. The van der Waals surface area contributed by atoms with Gasteiger partial charge in [0.2, 0.25) is 0 Å². The van der Waals surface area contributed by atoms with E-state index in [9.17, 15) is 22.8 Å². The number of fused-ring (bicyclic) bond motifs is 2. The number of alkyl halides is 3. The number of hydrogen-bond acceptors (Lipinski definition) is 5. The minimum Gasteiger partial charge on any atom is -0.476 e. The summed E-state index contributed by atoms with van der Waals surface area (Å²) in [5.41, 5.74) is -1.25. The van der Waals surface area contributed by atoms with Gasteiger partial charge in [-0.05, 0) is 63.8 Å². The van der Waals surface area contributed by atoms with Crippen molar-refractivity contribution in [2.45, 2.75) is 69.4 Å². The molecule has 2 amide bonds. The maximum atomic E-state index is 13.1. The van der Waals surface area contributed by atoms with Crippen molar-refractivity contribution in [2.24, 2.45) is 0 Å². The van der Waals surface area contributed by atoms with Gasteiger partial charge in [-0.2, -0.15) is 13.2 Å². The van der Waals surface area contributed by atoms with Crippen LogP contribution in [0.3, 0.4) is 0 Å². The van der Waals surface area contributed by atoms with E-state index in [1.54, 1.807) is 32.0 Å². The lowest BCUT2D eigenvalue weighted by Gasteiger charge is -2.41. The number of carbonyl (C=O) groups is 2. The highest BCUT2D eigenvalue weighted by Crippen LogP contribution is 2.41. The number of benzene rings is 1. The van der Waals surface area contributed by atoms with Crippen molar-refractivity contribution in [1.82, 2.24) is 15.6 Å². The zero-order valence-electron chi connectivity index (χ0n) is 20.5. The number of nitrogens with zero attached hydrogens (tertiary/aromatic N) is 2. The molecule has 7 nitrogen and oxygen atoms in total. The summed E-state index contributed by atoms with van der Waals surface area (Å²) < 4.78 is 43.1. The fourth-order valence-electron chi connectivity index (χ4n) is 4.91. The fourth-order valence-corrected chi connectivity index (χ4v) is 5.62. The van der Waals surface area contributed by atoms with Crippen LogP contribution in [0.2, 0.25) is 15.1 Å². The van der Waals surface area contributed by atoms with E-state index in [2.05, 4.69) is 15.2 Å². The Bertz CT molecular complexity index is 1210. The summed E-state index contributed by atoms with van der Waals surface area (Å²) in [6.07, 6.45) is -0.276. The first-order chi connectivity index (χ1) is 17.7. The maximum Gasteiger partial charge on any atom is 0.405 e. The van der Waals surface area contributed by atoms with Crippen LogP contribution >= 0.6 is 34.8 Å². The molecule has 0 spiro atoms. The van der Waals surface area contributed by atoms with Crippen LogP contribution in [0.25, 0.3) is 0 Å². The molecule has 2 fully saturated rings. The van der Waals surface area contributed by atoms with E-state index in [1.165, 1.54) is 12.3 Å². The highest BCUT2D eigenvalue weighted by Gasteiger charge is 2.44. The first kappa shape index (κ1) is 28.6. The predicted molar refractivity (Wildman–Crippen MR) is 139 cm³/mol. The minimum atomic E-state index is -4.52. The van der Waals surface area contributed by atoms with Crippen molar-refractivity contribution in [3.8, 4) is 5.75 Å². The van der Waals surface area contributed by atoms with E-state index in [0.29, 0.717) is 34.5 Å². The Hall–Kier alpha value is -2.43. The van der Waals surface area contributed by atoms with Crippen LogP contribution < -0.4 is 20.3 Å². The molecule has 1 unspecified atom stereocenters. The fraction of sp³-hybridized carbons (Fsp3) is 0.480. The first-order valence-electron chi connectivity index (χ1n) is 12.0. The van der Waals surface area contributed by atoms with Gasteiger partial charge in [0.1, 0.15) is 18.1 Å². The number of rotatable bonds is 7. The molecule has 206 valence electrons. The molecule has 2 aromatic rings. The summed E-state index contributed by atoms with van der Waals surface area (Å²) in [6.45, 7) is 1.88. The van der Waals surface area contributed by atoms with Gasteiger partial charge < -0.3 is 20.3 Å². The molecule has 2 saturated heterocycles. The van der Waals surface area contributed by atoms with Gasteiger partial charge in [-0.15, -0.1) is 0 Å². The number of piperidine rings is 1. The van der Waals surface area contributed by atoms with Gasteiger partial charge in [-0.3, -0.25) is 9.59 Å². The Morgan fingerprint density at radius 2 is 1.74 bits per heavy atom. The van der Waals surface area contributed by atoms with Crippen molar-refractivity contribution in [2.75, 3.05) is 11.4 Å². The molecule has 38 heavy (non-hydrogen) atoms. The molecule has 0 saturated carbocycles. The van der Waals surface area contributed by atoms with Crippen LogP contribution in [-0.4, -0.2) is 53.2 Å². The highest BCUT2D eigenvalue weighted by molar-refractivity contribution is 6.35. The van der Waals surface area contributed by atoms with Gasteiger partial charge in [0.25, 0.3) is 11.8 Å². The normalized spacial score (nSPS) is 21.3. The molecular formula is C25H26Cl3F3N4O3. The first-order valence-corrected chi connectivity index (χ1v) is 13.1. The molecule has 3 atom stereocenters. The van der Waals surface area contributed by atoms with Crippen molar-refractivity contribution in [3.05, 3.63) is 51.1 Å². The predicted octanol–water partition coefficient (Wildman–Crippen LogP) is 5.81. The van der Waals surface area contributed by atoms with E-state index in [0.717, 1.165) is 12.8 Å². The minimum absolute atomic E-state index is 0.0451. The van der Waals surface area contributed by atoms with Gasteiger partial charge in [0, 0.05) is 29.3 Å². The third kappa shape index (κ3) is 6.58. The van der Waals surface area contributed by atoms with Crippen LogP contribution in [0.5, 0.6) is 5.75 Å². The molecular weight excluding hydrogens is 568 g/mol. The van der Waals surface area contributed by atoms with Gasteiger partial charge in [0.15, 0.2) is 5.60 Å². The molecule has 2 aliphatic heterocycles. The molecule has 2 N–H and O–H groups in total. The van der Waals surface area contributed by atoms with E-state index in [1.807, 2.05) is 5.32 Å². The lowest BCUT2D eigenvalue weighted by atomic mass is 9.96. The van der Waals surface area contributed by atoms with Crippen LogP contribution in [0, 0.1) is 0 Å². The number of amides is 2. The Balaban J connectivity index is 1.39. The largest absolute Gasteiger partial charge is 0.476 e. The van der Waals surface area contributed by atoms with E-state index in [-0.39, 0.29) is 34.6 Å². The van der Waals surface area contributed by atoms with Crippen LogP contribution in [-0.2, 0) is 4.79 Å². The van der Waals surface area contributed by atoms with Gasteiger partial charge in [-0.25, -0.2) is 4.98 Å². The quantitative estimate of drug-likeness (QED) is 0.424. The molecule has 0 radical (unpaired) electrons. The standard InChI is InChI=1S/C25H26Cl3F3N4O3/c1-24(2,38-20-6-3-14(26)8-18(20)27)23(37)34-15-9-16-4-5-17(10-15)35(16)21-19(28)7-13(11-32-21)22(36)33-12-25(29,30)31/h3,6-8,11,15-17H,4-5,9-10,12H2,1-2H3,(H,33,36)(H,34,37)/t15?,16-,17+. The maximum absolute atomic E-state index is 13.1. The lowest BCUT2D eigenvalue weighted by Crippen LogP contribution is -2.55. The van der Waals surface area contributed by atoms with Crippen LogP contribution in [0.15, 0.2) is 30.5 Å². The number of anilines is 1. The van der Waals surface area contributed by atoms with Gasteiger partial charge in [0.05, 0.1) is 15.6 Å². The molecule has 4 rings (SSSR count). The smallest absolute Gasteiger partial charge is 0.405 e. The Morgan fingerprint density at radius 1 is 1.08 bits per heavy atom. The zero-order valence-corrected chi connectivity index (χ0v) is 22.8. The van der Waals surface area contributed by atoms with E-state index < -0.39 is 24.2 Å². The topological polar surface area (TPSA) is 83.6 Å². The number of halogens is 6. The number of nitrogens with one attached hydrogen (secondary N) is 2. The third-order valence-electron chi connectivity index (χ3n) is 6.65. The average molecular weight is 594 g/mol. The summed E-state index contributed by atoms with van der Waals surface area (Å²) in [4.78, 5) is 31.6. The molecule has 1 aromatic carbocycles. The Labute approximate surface area is 233 Å². The second-order valence-corrected chi connectivity index (χ2v) is 11.2. The molecule has 3 heterocycles. The second kappa shape index (κ2) is 11.0. The Morgan fingerprint density at radius 3 is 2.32 bits per heavy atom. The third-order valence-corrected chi connectivity index (χ3v) is 7.46. The second-order valence-electron chi connectivity index (χ2n) is 9.95. The van der Waals surface area contributed by atoms with Crippen molar-refractivity contribution < 1.29 is 27.5 Å². The summed E-state index contributed by atoms with van der Waals surface area (Å²) >= 11 is 18.6. The van der Waals surface area contributed by atoms with Crippen molar-refractivity contribution in [3.63, 3.8) is 0 Å². The van der Waals surface area contributed by atoms with Crippen molar-refractivity contribution >= 4 is 52.4 Å². The number of ether oxygens (including phenoxy) is 1. The van der Waals surface area contributed by atoms with Crippen molar-refractivity contribution in [1.29, 1.82) is 0 Å². The number of hydrogen-bond donors (Lipinski definition) is 2. The summed E-state index contributed by atoms with van der Waals surface area (Å²) in [5, 5.41) is 5.84. The highest BCUT2D eigenvalue weighted by atomic mass is 35.5. The average Bonchev–Trinajstić information content (AvgIpc) is 3.08. The summed E-state index contributed by atoms with van der Waals surface area (Å²) in [7, 11) is 0. The van der Waals surface area contributed by atoms with Gasteiger partial charge >= 0.3 is 6.18 Å². The Kier molecular flexibility index (Phi) is 8.26. The molecule has 1 aromatic heterocycles. The van der Waals surface area contributed by atoms with Gasteiger partial charge in [-0.1, -0.05) is 34.8 Å². The lowest BCUT2D eigenvalue weighted by molar-refractivity contribution is -0.135. The number of pyridine rings is 1. The summed E-state index contributed by atoms with van der Waals surface area (Å²) in [6, 6.07) is 6.09. The summed E-state index contributed by atoms with van der Waals surface area (Å²) in [5.74, 6) is -0.371. The molecule has 2 bridgehead atoms. The zero-order chi connectivity index (χ0) is 27.8. The van der Waals surface area contributed by atoms with E-state index in [4.69, 9.17) is 39.5 Å². The molecule has 13 heteroatoms. The number of carbonyl (C=O) groups excluding carboxylic acids is 2. The number of aromatic nitrogens is 1.